The van der Waals surface area contributed by atoms with Gasteiger partial charge in [0, 0.05) is 0 Å². The first-order valence-corrected chi connectivity index (χ1v) is 4.96. The summed E-state index contributed by atoms with van der Waals surface area (Å²) in [4.78, 5) is 8.19. The molecule has 78 valence electrons. The smallest absolute Gasteiger partial charge is 0.125 e. The minimum atomic E-state index is -0.152. The van der Waals surface area contributed by atoms with E-state index in [9.17, 15) is 0 Å². The highest BCUT2D eigenvalue weighted by Gasteiger charge is 2.11. The Kier molecular flexibility index (Phi) is 2.64. The summed E-state index contributed by atoms with van der Waals surface area (Å²) in [6, 6.07) is 0. The summed E-state index contributed by atoms with van der Waals surface area (Å²) in [6.07, 6.45) is 5.02. The molecule has 0 aliphatic carbocycles. The van der Waals surface area contributed by atoms with Gasteiger partial charge in [0.25, 0.3) is 0 Å². The lowest BCUT2D eigenvalue weighted by atomic mass is 10.3. The highest BCUT2D eigenvalue weighted by atomic mass is 35.5. The number of hydrogen-bond donors (Lipinski definition) is 0. The van der Waals surface area contributed by atoms with E-state index >= 15 is 0 Å². The average molecular weight is 224 g/mol. The van der Waals surface area contributed by atoms with Crippen LogP contribution in [0.3, 0.4) is 0 Å². The molecule has 15 heavy (non-hydrogen) atoms. The van der Waals surface area contributed by atoms with Gasteiger partial charge in [0.1, 0.15) is 11.5 Å². The Balaban J connectivity index is 2.45. The third kappa shape index (κ3) is 1.97. The van der Waals surface area contributed by atoms with E-state index in [1.807, 2.05) is 13.8 Å². The van der Waals surface area contributed by atoms with Crippen molar-refractivity contribution in [2.45, 2.75) is 19.2 Å². The van der Waals surface area contributed by atoms with Crippen LogP contribution in [0.5, 0.6) is 0 Å². The first-order valence-electron chi connectivity index (χ1n) is 4.52. The monoisotopic (exact) mass is 223 g/mol. The highest BCUT2D eigenvalue weighted by molar-refractivity contribution is 6.20. The standard InChI is InChI=1S/C9H10ClN5/c1-6(10)9-5-13-14-15(9)8-3-11-7(2)12-4-8/h3-6H,1-2H3. The van der Waals surface area contributed by atoms with Crippen LogP contribution in [0.1, 0.15) is 23.8 Å². The maximum absolute atomic E-state index is 5.99. The molecule has 6 heteroatoms. The van der Waals surface area contributed by atoms with E-state index in [0.29, 0.717) is 0 Å². The van der Waals surface area contributed by atoms with E-state index in [0.717, 1.165) is 17.2 Å². The van der Waals surface area contributed by atoms with E-state index < -0.39 is 0 Å². The summed E-state index contributed by atoms with van der Waals surface area (Å²) in [6.45, 7) is 3.70. The van der Waals surface area contributed by atoms with Crippen molar-refractivity contribution in [1.82, 2.24) is 25.0 Å². The van der Waals surface area contributed by atoms with Crippen LogP contribution in [0, 0.1) is 6.92 Å². The van der Waals surface area contributed by atoms with Crippen LogP contribution in [-0.2, 0) is 0 Å². The van der Waals surface area contributed by atoms with Crippen LogP contribution >= 0.6 is 11.6 Å². The third-order valence-corrected chi connectivity index (χ3v) is 2.22. The van der Waals surface area contributed by atoms with Crippen LogP contribution in [0.25, 0.3) is 5.69 Å². The second kappa shape index (κ2) is 3.94. The molecular weight excluding hydrogens is 214 g/mol. The molecule has 2 heterocycles. The van der Waals surface area contributed by atoms with Crippen LogP contribution in [0.15, 0.2) is 18.6 Å². The first kappa shape index (κ1) is 10.0. The van der Waals surface area contributed by atoms with E-state index in [1.54, 1.807) is 23.3 Å². The van der Waals surface area contributed by atoms with Crippen LogP contribution in [0.4, 0.5) is 0 Å². The fourth-order valence-electron chi connectivity index (χ4n) is 1.21. The molecule has 0 fully saturated rings. The third-order valence-electron chi connectivity index (χ3n) is 2.00. The minimum absolute atomic E-state index is 0.152. The Morgan fingerprint density at radius 3 is 2.53 bits per heavy atom. The van der Waals surface area contributed by atoms with Crippen molar-refractivity contribution in [3.8, 4) is 5.69 Å². The zero-order valence-corrected chi connectivity index (χ0v) is 9.18. The molecule has 0 spiro atoms. The Morgan fingerprint density at radius 1 is 1.27 bits per heavy atom. The molecule has 0 aliphatic rings. The summed E-state index contributed by atoms with van der Waals surface area (Å²) in [5.74, 6) is 0.722. The molecule has 0 saturated heterocycles. The zero-order chi connectivity index (χ0) is 10.8. The van der Waals surface area contributed by atoms with Crippen molar-refractivity contribution in [3.05, 3.63) is 30.1 Å². The molecule has 0 amide bonds. The fourth-order valence-corrected chi connectivity index (χ4v) is 1.36. The number of aryl methyl sites for hydroxylation is 1. The van der Waals surface area contributed by atoms with Crippen LogP contribution in [-0.4, -0.2) is 25.0 Å². The van der Waals surface area contributed by atoms with Gasteiger partial charge in [-0.2, -0.15) is 0 Å². The van der Waals surface area contributed by atoms with E-state index in [1.165, 1.54) is 0 Å². The molecule has 0 saturated carbocycles. The van der Waals surface area contributed by atoms with Gasteiger partial charge in [-0.3, -0.25) is 0 Å². The average Bonchev–Trinajstić information content (AvgIpc) is 2.67. The van der Waals surface area contributed by atoms with E-state index in [-0.39, 0.29) is 5.38 Å². The summed E-state index contributed by atoms with van der Waals surface area (Å²) in [5.41, 5.74) is 1.59. The molecule has 2 rings (SSSR count). The van der Waals surface area contributed by atoms with Crippen molar-refractivity contribution in [1.29, 1.82) is 0 Å². The normalized spacial score (nSPS) is 12.7. The number of rotatable bonds is 2. The number of hydrogen-bond acceptors (Lipinski definition) is 4. The topological polar surface area (TPSA) is 56.5 Å². The molecule has 5 nitrogen and oxygen atoms in total. The molecule has 0 aromatic carbocycles. The predicted octanol–water partition coefficient (Wildman–Crippen LogP) is 1.67. The van der Waals surface area contributed by atoms with Crippen molar-refractivity contribution in [2.75, 3.05) is 0 Å². The number of aromatic nitrogens is 5. The molecular formula is C9H10ClN5. The second-order valence-corrected chi connectivity index (χ2v) is 3.83. The molecule has 2 aromatic rings. The van der Waals surface area contributed by atoms with Crippen molar-refractivity contribution in [2.24, 2.45) is 0 Å². The fraction of sp³-hybridized carbons (Fsp3) is 0.333. The SMILES string of the molecule is Cc1ncc(-n2nncc2C(C)Cl)cn1. The molecule has 0 aliphatic heterocycles. The Hall–Kier alpha value is -1.49. The number of alkyl halides is 1. The number of nitrogens with zero attached hydrogens (tertiary/aromatic N) is 5. The van der Waals surface area contributed by atoms with Gasteiger partial charge >= 0.3 is 0 Å². The van der Waals surface area contributed by atoms with Gasteiger partial charge in [-0.1, -0.05) is 5.21 Å². The van der Waals surface area contributed by atoms with Gasteiger partial charge in [-0.25, -0.2) is 14.6 Å². The number of halogens is 1. The van der Waals surface area contributed by atoms with E-state index in [2.05, 4.69) is 20.3 Å². The van der Waals surface area contributed by atoms with Crippen LogP contribution in [0.2, 0.25) is 0 Å². The highest BCUT2D eigenvalue weighted by Crippen LogP contribution is 2.20. The van der Waals surface area contributed by atoms with Crippen molar-refractivity contribution in [3.63, 3.8) is 0 Å². The lowest BCUT2D eigenvalue weighted by Gasteiger charge is -2.06. The molecule has 1 atom stereocenters. The molecule has 0 radical (unpaired) electrons. The minimum Gasteiger partial charge on any atom is -0.239 e. The lowest BCUT2D eigenvalue weighted by molar-refractivity contribution is 0.751. The molecule has 0 bridgehead atoms. The Labute approximate surface area is 92.1 Å². The molecule has 0 N–H and O–H groups in total. The van der Waals surface area contributed by atoms with Gasteiger partial charge in [-0.05, 0) is 13.8 Å². The van der Waals surface area contributed by atoms with Crippen LogP contribution < -0.4 is 0 Å². The van der Waals surface area contributed by atoms with Gasteiger partial charge in [0.2, 0.25) is 0 Å². The zero-order valence-electron chi connectivity index (χ0n) is 8.42. The predicted molar refractivity (Wildman–Crippen MR) is 56.0 cm³/mol. The summed E-state index contributed by atoms with van der Waals surface area (Å²) >= 11 is 5.99. The van der Waals surface area contributed by atoms with Crippen molar-refractivity contribution < 1.29 is 0 Å². The van der Waals surface area contributed by atoms with Gasteiger partial charge in [0.05, 0.1) is 29.7 Å². The summed E-state index contributed by atoms with van der Waals surface area (Å²) < 4.78 is 1.64. The lowest BCUT2D eigenvalue weighted by Crippen LogP contribution is -2.04. The van der Waals surface area contributed by atoms with E-state index in [4.69, 9.17) is 11.6 Å². The maximum Gasteiger partial charge on any atom is 0.125 e. The summed E-state index contributed by atoms with van der Waals surface area (Å²) in [5, 5.41) is 7.60. The van der Waals surface area contributed by atoms with Gasteiger partial charge < -0.3 is 0 Å². The summed E-state index contributed by atoms with van der Waals surface area (Å²) in [7, 11) is 0. The van der Waals surface area contributed by atoms with Gasteiger partial charge in [0.15, 0.2) is 0 Å². The Bertz CT molecular complexity index is 448. The molecule has 2 aromatic heterocycles. The van der Waals surface area contributed by atoms with Gasteiger partial charge in [-0.15, -0.1) is 16.7 Å². The molecule has 1 unspecified atom stereocenters. The first-order chi connectivity index (χ1) is 7.18. The quantitative estimate of drug-likeness (QED) is 0.727. The maximum atomic E-state index is 5.99. The second-order valence-electron chi connectivity index (χ2n) is 3.18. The Morgan fingerprint density at radius 2 is 1.93 bits per heavy atom. The van der Waals surface area contributed by atoms with Crippen molar-refractivity contribution >= 4 is 11.6 Å². The largest absolute Gasteiger partial charge is 0.239 e.